The van der Waals surface area contributed by atoms with Gasteiger partial charge in [-0.2, -0.15) is 13.2 Å². The first kappa shape index (κ1) is 23.0. The Morgan fingerprint density at radius 3 is 2.61 bits per heavy atom. The lowest BCUT2D eigenvalue weighted by atomic mass is 10.1. The van der Waals surface area contributed by atoms with Gasteiger partial charge in [0.25, 0.3) is 5.91 Å². The number of benzene rings is 1. The van der Waals surface area contributed by atoms with Gasteiger partial charge in [0.2, 0.25) is 0 Å². The number of pyridine rings is 1. The average molecular weight is 440 g/mol. The maximum Gasteiger partial charge on any atom is 0.490 e. The van der Waals surface area contributed by atoms with E-state index in [0.717, 1.165) is 23.7 Å². The van der Waals surface area contributed by atoms with Crippen molar-refractivity contribution >= 4 is 22.8 Å². The van der Waals surface area contributed by atoms with Gasteiger partial charge >= 0.3 is 12.1 Å². The second-order valence-corrected chi connectivity index (χ2v) is 7.16. The number of carboxylic acid groups (broad SMARTS) is 1. The zero-order chi connectivity index (χ0) is 22.6. The molecule has 1 aliphatic carbocycles. The molecule has 168 valence electrons. The van der Waals surface area contributed by atoms with Gasteiger partial charge < -0.3 is 19.5 Å². The summed E-state index contributed by atoms with van der Waals surface area (Å²) in [5, 5.41) is 8.17. The lowest BCUT2D eigenvalue weighted by Crippen LogP contribution is -2.54. The summed E-state index contributed by atoms with van der Waals surface area (Å²) in [6.07, 6.45) is -3.13. The summed E-state index contributed by atoms with van der Waals surface area (Å²) in [7, 11) is 0. The molecule has 1 aromatic heterocycles. The number of rotatable bonds is 3. The third-order valence-corrected chi connectivity index (χ3v) is 5.24. The van der Waals surface area contributed by atoms with Crippen LogP contribution >= 0.6 is 0 Å². The molecule has 0 bridgehead atoms. The van der Waals surface area contributed by atoms with Crippen LogP contribution in [0.15, 0.2) is 36.4 Å². The first-order valence-electron chi connectivity index (χ1n) is 9.92. The summed E-state index contributed by atoms with van der Waals surface area (Å²) in [4.78, 5) is 28.4. The Morgan fingerprint density at radius 1 is 1.23 bits per heavy atom. The highest BCUT2D eigenvalue weighted by molar-refractivity contribution is 5.95. The molecule has 1 saturated heterocycles. The maximum absolute atomic E-state index is 13.0. The van der Waals surface area contributed by atoms with Crippen LogP contribution in [-0.4, -0.2) is 71.1 Å². The summed E-state index contributed by atoms with van der Waals surface area (Å²) < 4.78 is 43.4. The molecule has 10 heteroatoms. The largest absolute Gasteiger partial charge is 0.490 e. The van der Waals surface area contributed by atoms with Crippen molar-refractivity contribution in [2.45, 2.75) is 44.2 Å². The number of halogens is 3. The number of morpholine rings is 1. The molecule has 1 saturated carbocycles. The molecule has 2 heterocycles. The number of para-hydroxylation sites is 1. The van der Waals surface area contributed by atoms with Crippen molar-refractivity contribution in [1.82, 2.24) is 9.88 Å². The lowest BCUT2D eigenvalue weighted by molar-refractivity contribution is -0.192. The zero-order valence-corrected chi connectivity index (χ0v) is 16.8. The molecular weight excluding hydrogens is 417 g/mol. The van der Waals surface area contributed by atoms with Crippen molar-refractivity contribution in [1.29, 1.82) is 0 Å². The van der Waals surface area contributed by atoms with Crippen molar-refractivity contribution in [3.05, 3.63) is 42.1 Å². The van der Waals surface area contributed by atoms with E-state index in [9.17, 15) is 18.0 Å². The average Bonchev–Trinajstić information content (AvgIpc) is 3.16. The van der Waals surface area contributed by atoms with Gasteiger partial charge in [-0.05, 0) is 31.9 Å². The summed E-state index contributed by atoms with van der Waals surface area (Å²) in [5.74, 6) is -2.76. The number of aromatic nitrogens is 1. The number of alkyl halides is 3. The van der Waals surface area contributed by atoms with E-state index in [1.54, 1.807) is 0 Å². The van der Waals surface area contributed by atoms with Gasteiger partial charge in [0.1, 0.15) is 11.8 Å². The van der Waals surface area contributed by atoms with Crippen molar-refractivity contribution in [3.63, 3.8) is 0 Å². The maximum atomic E-state index is 13.0. The third-order valence-electron chi connectivity index (χ3n) is 5.24. The van der Waals surface area contributed by atoms with E-state index in [1.165, 1.54) is 0 Å². The van der Waals surface area contributed by atoms with Crippen LogP contribution in [0.1, 0.15) is 30.3 Å². The van der Waals surface area contributed by atoms with Gasteiger partial charge in [-0.1, -0.05) is 24.3 Å². The van der Waals surface area contributed by atoms with Crippen molar-refractivity contribution in [2.75, 3.05) is 19.8 Å². The molecule has 1 N–H and O–H groups in total. The number of nitrogens with zero attached hydrogens (tertiary/aromatic N) is 2. The highest BCUT2D eigenvalue weighted by Gasteiger charge is 2.45. The predicted octanol–water partition coefficient (Wildman–Crippen LogP) is 3.28. The molecule has 4 rings (SSSR count). The molecule has 0 unspecified atom stereocenters. The predicted molar refractivity (Wildman–Crippen MR) is 105 cm³/mol. The number of aliphatic carboxylic acids is 1. The fourth-order valence-electron chi connectivity index (χ4n) is 3.89. The number of carbonyl (C=O) groups is 2. The topological polar surface area (TPSA) is 89.0 Å². The monoisotopic (exact) mass is 440 g/mol. The van der Waals surface area contributed by atoms with Gasteiger partial charge in [-0.3, -0.25) is 4.79 Å². The van der Waals surface area contributed by atoms with E-state index >= 15 is 0 Å². The van der Waals surface area contributed by atoms with E-state index in [-0.39, 0.29) is 24.2 Å². The quantitative estimate of drug-likeness (QED) is 0.788. The number of amides is 1. The molecule has 1 amide bonds. The fraction of sp³-hybridized carbons (Fsp3) is 0.476. The van der Waals surface area contributed by atoms with E-state index in [2.05, 4.69) is 4.98 Å². The minimum absolute atomic E-state index is 0.00352. The number of hydrogen-bond acceptors (Lipinski definition) is 5. The SMILES string of the molecule is CCO[C@H]1CC[C@H]2[C@H]1OCCN2C(=O)c1ccc2ccccc2n1.O=C(O)C(F)(F)F. The Balaban J connectivity index is 0.000000339. The van der Waals surface area contributed by atoms with Crippen LogP contribution in [0, 0.1) is 0 Å². The molecular formula is C21H23F3N2O5. The summed E-state index contributed by atoms with van der Waals surface area (Å²) in [6, 6.07) is 11.7. The number of carboxylic acids is 1. The third kappa shape index (κ3) is 5.31. The number of fused-ring (bicyclic) bond motifs is 2. The van der Waals surface area contributed by atoms with Crippen LogP contribution in [-0.2, 0) is 14.3 Å². The second kappa shape index (κ2) is 9.61. The highest BCUT2D eigenvalue weighted by atomic mass is 19.4. The number of ether oxygens (including phenoxy) is 2. The molecule has 7 nitrogen and oxygen atoms in total. The smallest absolute Gasteiger partial charge is 0.475 e. The van der Waals surface area contributed by atoms with E-state index in [4.69, 9.17) is 19.4 Å². The second-order valence-electron chi connectivity index (χ2n) is 7.16. The fourth-order valence-corrected chi connectivity index (χ4v) is 3.89. The summed E-state index contributed by atoms with van der Waals surface area (Å²) in [6.45, 7) is 3.85. The van der Waals surface area contributed by atoms with Crippen LogP contribution in [0.2, 0.25) is 0 Å². The standard InChI is InChI=1S/C19H22N2O3.C2HF3O2/c1-2-23-17-10-9-16-18(17)24-12-11-21(16)19(22)15-8-7-13-5-3-4-6-14(13)20-15;3-2(4,5)1(6)7/h3-8,16-18H,2,9-12H2,1H3;(H,6,7)/t16-,17-,18+;/m0./s1. The van der Waals surface area contributed by atoms with Gasteiger partial charge in [-0.15, -0.1) is 0 Å². The highest BCUT2D eigenvalue weighted by Crippen LogP contribution is 2.33. The molecule has 3 atom stereocenters. The summed E-state index contributed by atoms with van der Waals surface area (Å²) in [5.41, 5.74) is 1.36. The number of hydrogen-bond donors (Lipinski definition) is 1. The van der Waals surface area contributed by atoms with Crippen LogP contribution in [0.5, 0.6) is 0 Å². The van der Waals surface area contributed by atoms with Crippen molar-refractivity contribution in [2.24, 2.45) is 0 Å². The van der Waals surface area contributed by atoms with Crippen LogP contribution in [0.4, 0.5) is 13.2 Å². The zero-order valence-electron chi connectivity index (χ0n) is 16.8. The van der Waals surface area contributed by atoms with Gasteiger partial charge in [0.15, 0.2) is 0 Å². The van der Waals surface area contributed by atoms with Crippen LogP contribution in [0.25, 0.3) is 10.9 Å². The minimum atomic E-state index is -5.08. The molecule has 1 aromatic carbocycles. The molecule has 0 radical (unpaired) electrons. The molecule has 1 aliphatic heterocycles. The minimum Gasteiger partial charge on any atom is -0.475 e. The van der Waals surface area contributed by atoms with E-state index in [1.807, 2.05) is 48.2 Å². The van der Waals surface area contributed by atoms with Crippen LogP contribution < -0.4 is 0 Å². The van der Waals surface area contributed by atoms with Crippen LogP contribution in [0.3, 0.4) is 0 Å². The Morgan fingerprint density at radius 2 is 1.94 bits per heavy atom. The van der Waals surface area contributed by atoms with Crippen molar-refractivity contribution < 1.29 is 37.3 Å². The van der Waals surface area contributed by atoms with Gasteiger partial charge in [0, 0.05) is 18.5 Å². The molecule has 31 heavy (non-hydrogen) atoms. The van der Waals surface area contributed by atoms with E-state index < -0.39 is 12.1 Å². The van der Waals surface area contributed by atoms with E-state index in [0.29, 0.717) is 25.5 Å². The lowest BCUT2D eigenvalue weighted by Gasteiger charge is -2.38. The first-order valence-corrected chi connectivity index (χ1v) is 9.92. The van der Waals surface area contributed by atoms with Gasteiger partial charge in [-0.25, -0.2) is 9.78 Å². The summed E-state index contributed by atoms with van der Waals surface area (Å²) >= 11 is 0. The van der Waals surface area contributed by atoms with Gasteiger partial charge in [0.05, 0.1) is 24.3 Å². The number of carbonyl (C=O) groups excluding carboxylic acids is 1. The molecule has 2 fully saturated rings. The molecule has 0 spiro atoms. The normalized spacial score (nSPS) is 23.1. The Labute approximate surface area is 176 Å². The Kier molecular flexibility index (Phi) is 7.11. The first-order chi connectivity index (χ1) is 14.7. The molecule has 2 aromatic rings. The Hall–Kier alpha value is -2.72. The Bertz CT molecular complexity index is 937. The molecule has 2 aliphatic rings. The van der Waals surface area contributed by atoms with Crippen molar-refractivity contribution in [3.8, 4) is 0 Å².